The molecule has 1 aromatic carbocycles. The number of nitrogens with zero attached hydrogens (tertiary/aromatic N) is 1. The number of rotatable bonds is 1. The van der Waals surface area contributed by atoms with E-state index in [0.29, 0.717) is 28.6 Å². The summed E-state index contributed by atoms with van der Waals surface area (Å²) in [4.78, 5) is 15.9. The smallest absolute Gasteiger partial charge is 0.182 e. The predicted molar refractivity (Wildman–Crippen MR) is 75.4 cm³/mol. The lowest BCUT2D eigenvalue weighted by atomic mass is 10.0. The number of hydrogen-bond acceptors (Lipinski definition) is 4. The molecule has 19 heavy (non-hydrogen) atoms. The third-order valence-corrected chi connectivity index (χ3v) is 3.13. The van der Waals surface area contributed by atoms with Gasteiger partial charge in [0.25, 0.3) is 0 Å². The topological polar surface area (TPSA) is 69.1 Å². The maximum atomic E-state index is 11.3. The minimum Gasteiger partial charge on any atom is -0.453 e. The van der Waals surface area contributed by atoms with Crippen LogP contribution in [0.25, 0.3) is 22.6 Å². The molecule has 1 heterocycles. The molecule has 0 saturated carbocycles. The van der Waals surface area contributed by atoms with Gasteiger partial charge in [-0.2, -0.15) is 0 Å². The number of aromatic nitrogens is 1. The van der Waals surface area contributed by atoms with Crippen molar-refractivity contribution < 1.29 is 4.42 Å². The van der Waals surface area contributed by atoms with Gasteiger partial charge in [0.2, 0.25) is 0 Å². The summed E-state index contributed by atoms with van der Waals surface area (Å²) in [6.07, 6.45) is 0. The van der Waals surface area contributed by atoms with Crippen molar-refractivity contribution in [2.45, 2.75) is 19.8 Å². The van der Waals surface area contributed by atoms with Gasteiger partial charge in [0.15, 0.2) is 16.8 Å². The summed E-state index contributed by atoms with van der Waals surface area (Å²) >= 11 is 0. The molecule has 1 aromatic rings. The number of fused-ring (bicyclic) bond motifs is 2. The molecule has 4 heteroatoms. The van der Waals surface area contributed by atoms with Gasteiger partial charge in [0, 0.05) is 17.8 Å². The first-order chi connectivity index (χ1) is 9.04. The molecule has 4 nitrogen and oxygen atoms in total. The van der Waals surface area contributed by atoms with Crippen LogP contribution in [-0.2, 0) is 0 Å². The first-order valence-corrected chi connectivity index (χ1v) is 6.18. The first-order valence-electron chi connectivity index (χ1n) is 6.18. The molecule has 0 fully saturated rings. The van der Waals surface area contributed by atoms with Gasteiger partial charge in [0.1, 0.15) is 11.2 Å². The van der Waals surface area contributed by atoms with Gasteiger partial charge in [-0.05, 0) is 29.7 Å². The molecular formula is C15H14N2O2. The molecule has 0 aromatic heterocycles. The summed E-state index contributed by atoms with van der Waals surface area (Å²) in [5.41, 5.74) is 9.57. The molecule has 2 N–H and O–H groups in total. The summed E-state index contributed by atoms with van der Waals surface area (Å²) in [6.45, 7) is 4.17. The zero-order chi connectivity index (χ0) is 13.6. The van der Waals surface area contributed by atoms with E-state index in [1.54, 1.807) is 12.1 Å². The zero-order valence-corrected chi connectivity index (χ0v) is 10.8. The Labute approximate surface area is 110 Å². The fourth-order valence-electron chi connectivity index (χ4n) is 2.20. The van der Waals surface area contributed by atoms with E-state index in [1.165, 1.54) is 12.1 Å². The molecule has 0 unspecified atom stereocenters. The molecule has 1 aliphatic carbocycles. The number of hydrogen-bond donors (Lipinski definition) is 1. The minimum atomic E-state index is -0.0922. The molecule has 0 radical (unpaired) electrons. The van der Waals surface area contributed by atoms with E-state index in [4.69, 9.17) is 10.2 Å². The van der Waals surface area contributed by atoms with E-state index >= 15 is 0 Å². The molecule has 0 spiro atoms. The molecule has 0 saturated heterocycles. The monoisotopic (exact) mass is 254 g/mol. The Morgan fingerprint density at radius 1 is 1.21 bits per heavy atom. The van der Waals surface area contributed by atoms with Crippen LogP contribution in [0.3, 0.4) is 0 Å². The average Bonchev–Trinajstić information content (AvgIpc) is 2.35. The van der Waals surface area contributed by atoms with Crippen molar-refractivity contribution in [3.63, 3.8) is 0 Å². The highest BCUT2D eigenvalue weighted by atomic mass is 16.3. The zero-order valence-electron chi connectivity index (χ0n) is 10.8. The van der Waals surface area contributed by atoms with Gasteiger partial charge in [-0.1, -0.05) is 13.8 Å². The SMILES string of the molecule is CC(C)c1cc(N)cc2oc3cc(=O)ccc-3nc12. The van der Waals surface area contributed by atoms with Gasteiger partial charge < -0.3 is 10.2 Å². The van der Waals surface area contributed by atoms with Crippen molar-refractivity contribution >= 4 is 16.8 Å². The Hall–Kier alpha value is -2.36. The Kier molecular flexibility index (Phi) is 2.52. The van der Waals surface area contributed by atoms with Crippen LogP contribution in [0.5, 0.6) is 0 Å². The minimum absolute atomic E-state index is 0.0922. The normalized spacial score (nSPS) is 11.5. The van der Waals surface area contributed by atoms with Crippen LogP contribution in [0.1, 0.15) is 25.3 Å². The van der Waals surface area contributed by atoms with Crippen LogP contribution in [0.2, 0.25) is 0 Å². The van der Waals surface area contributed by atoms with Crippen LogP contribution in [0.15, 0.2) is 39.5 Å². The molecule has 0 atom stereocenters. The lowest BCUT2D eigenvalue weighted by Crippen LogP contribution is -2.01. The Bertz CT molecular complexity index is 790. The second-order valence-corrected chi connectivity index (χ2v) is 4.95. The highest BCUT2D eigenvalue weighted by Gasteiger charge is 2.14. The van der Waals surface area contributed by atoms with Crippen LogP contribution in [0, 0.1) is 0 Å². The van der Waals surface area contributed by atoms with Crippen LogP contribution >= 0.6 is 0 Å². The largest absolute Gasteiger partial charge is 0.453 e. The van der Waals surface area contributed by atoms with Crippen LogP contribution < -0.4 is 11.2 Å². The number of anilines is 1. The quantitative estimate of drug-likeness (QED) is 0.535. The number of nitrogen functional groups attached to an aromatic ring is 1. The van der Waals surface area contributed by atoms with Crippen molar-refractivity contribution in [1.82, 2.24) is 4.98 Å². The molecular weight excluding hydrogens is 240 g/mol. The van der Waals surface area contributed by atoms with E-state index in [0.717, 1.165) is 11.1 Å². The standard InChI is InChI=1S/C15H14N2O2/c1-8(2)11-5-9(16)6-14-15(11)17-12-4-3-10(18)7-13(12)19-14/h3-8H,16H2,1-2H3. The molecule has 0 amide bonds. The molecule has 0 bridgehead atoms. The number of benzene rings is 2. The fraction of sp³-hybridized carbons (Fsp3) is 0.200. The molecule has 2 aliphatic rings. The van der Waals surface area contributed by atoms with Gasteiger partial charge >= 0.3 is 0 Å². The summed E-state index contributed by atoms with van der Waals surface area (Å²) in [7, 11) is 0. The van der Waals surface area contributed by atoms with E-state index in [-0.39, 0.29) is 5.43 Å². The molecule has 1 aliphatic heterocycles. The fourth-order valence-corrected chi connectivity index (χ4v) is 2.20. The van der Waals surface area contributed by atoms with Crippen molar-refractivity contribution in [2.24, 2.45) is 0 Å². The predicted octanol–water partition coefficient (Wildman–Crippen LogP) is 3.00. The second-order valence-electron chi connectivity index (χ2n) is 4.95. The lowest BCUT2D eigenvalue weighted by molar-refractivity contribution is 0.611. The van der Waals surface area contributed by atoms with Crippen molar-refractivity contribution in [3.05, 3.63) is 46.1 Å². The van der Waals surface area contributed by atoms with Crippen molar-refractivity contribution in [1.29, 1.82) is 0 Å². The maximum Gasteiger partial charge on any atom is 0.182 e. The Balaban J connectivity index is 2.45. The highest BCUT2D eigenvalue weighted by molar-refractivity contribution is 5.83. The van der Waals surface area contributed by atoms with E-state index in [9.17, 15) is 4.79 Å². The first kappa shape index (κ1) is 11.7. The second kappa shape index (κ2) is 4.09. The molecule has 3 rings (SSSR count). The summed E-state index contributed by atoms with van der Waals surface area (Å²) in [5, 5.41) is 0. The van der Waals surface area contributed by atoms with Crippen molar-refractivity contribution in [2.75, 3.05) is 5.73 Å². The Morgan fingerprint density at radius 2 is 2.00 bits per heavy atom. The van der Waals surface area contributed by atoms with E-state index in [1.807, 2.05) is 6.07 Å². The summed E-state index contributed by atoms with van der Waals surface area (Å²) < 4.78 is 5.76. The highest BCUT2D eigenvalue weighted by Crippen LogP contribution is 2.31. The van der Waals surface area contributed by atoms with E-state index < -0.39 is 0 Å². The lowest BCUT2D eigenvalue weighted by Gasteiger charge is -2.12. The van der Waals surface area contributed by atoms with Gasteiger partial charge in [-0.3, -0.25) is 4.79 Å². The average molecular weight is 254 g/mol. The maximum absolute atomic E-state index is 11.3. The number of nitrogens with two attached hydrogens (primary N) is 1. The third-order valence-electron chi connectivity index (χ3n) is 3.13. The Morgan fingerprint density at radius 3 is 2.74 bits per heavy atom. The molecule has 96 valence electrons. The van der Waals surface area contributed by atoms with Gasteiger partial charge in [-0.25, -0.2) is 4.98 Å². The van der Waals surface area contributed by atoms with Crippen molar-refractivity contribution in [3.8, 4) is 11.5 Å². The van der Waals surface area contributed by atoms with Gasteiger partial charge in [-0.15, -0.1) is 0 Å². The van der Waals surface area contributed by atoms with E-state index in [2.05, 4.69) is 18.8 Å². The van der Waals surface area contributed by atoms with Crippen LogP contribution in [0.4, 0.5) is 5.69 Å². The third kappa shape index (κ3) is 1.95. The summed E-state index contributed by atoms with van der Waals surface area (Å²) in [6, 6.07) is 8.28. The summed E-state index contributed by atoms with van der Waals surface area (Å²) in [5.74, 6) is 0.783. The van der Waals surface area contributed by atoms with Gasteiger partial charge in [0.05, 0.1) is 0 Å². The van der Waals surface area contributed by atoms with Crippen LogP contribution in [-0.4, -0.2) is 4.98 Å².